The van der Waals surface area contributed by atoms with Crippen LogP contribution in [0.2, 0.25) is 0 Å². The maximum atomic E-state index is 14.8. The van der Waals surface area contributed by atoms with Crippen molar-refractivity contribution < 1.29 is 45.4 Å². The lowest BCUT2D eigenvalue weighted by atomic mass is 9.81. The minimum absolute atomic E-state index is 0.0568. The Kier molecular flexibility index (Phi) is 9.14. The van der Waals surface area contributed by atoms with Gasteiger partial charge in [-0.05, 0) is 108 Å². The molecule has 0 aliphatic carbocycles. The Bertz CT molecular complexity index is 2140. The predicted octanol–water partition coefficient (Wildman–Crippen LogP) is 11.0. The molecule has 0 atom stereocenters. The van der Waals surface area contributed by atoms with Crippen molar-refractivity contribution in [1.82, 2.24) is 0 Å². The molecule has 0 saturated carbocycles. The normalized spacial score (nSPS) is 11.5. The van der Waals surface area contributed by atoms with Crippen LogP contribution in [0.1, 0.15) is 48.4 Å². The van der Waals surface area contributed by atoms with E-state index in [1.807, 2.05) is 0 Å². The molecule has 50 heavy (non-hydrogen) atoms. The molecule has 0 heterocycles. The molecule has 0 unspecified atom stereocenters. The lowest BCUT2D eigenvalue weighted by molar-refractivity contribution is 0.0366. The average molecular weight is 687 g/mol. The van der Waals surface area contributed by atoms with Gasteiger partial charge in [-0.25, -0.2) is 35.9 Å². The summed E-state index contributed by atoms with van der Waals surface area (Å²) in [5, 5.41) is 1.65. The molecule has 0 amide bonds. The maximum absolute atomic E-state index is 14.8. The Morgan fingerprint density at radius 1 is 0.500 bits per heavy atom. The summed E-state index contributed by atoms with van der Waals surface area (Å²) in [5.74, 6) is -11.3. The highest BCUT2D eigenvalue weighted by molar-refractivity contribution is 6.22. The van der Waals surface area contributed by atoms with E-state index in [0.29, 0.717) is 21.5 Å². The molecule has 6 aromatic rings. The van der Waals surface area contributed by atoms with Gasteiger partial charge in [0, 0.05) is 11.1 Å². The number of hydrogen-bond acceptors (Lipinski definition) is 4. The van der Waals surface area contributed by atoms with Crippen molar-refractivity contribution in [2.45, 2.75) is 39.9 Å². The zero-order valence-electron chi connectivity index (χ0n) is 27.1. The highest BCUT2D eigenvalue weighted by Gasteiger charge is 2.32. The third kappa shape index (κ3) is 6.17. The summed E-state index contributed by atoms with van der Waals surface area (Å²) in [7, 11) is 0. The second kappa shape index (κ2) is 13.3. The molecule has 6 aromatic carbocycles. The van der Waals surface area contributed by atoms with Crippen LogP contribution < -0.4 is 0 Å². The van der Waals surface area contributed by atoms with Gasteiger partial charge >= 0.3 is 11.9 Å². The van der Waals surface area contributed by atoms with Crippen molar-refractivity contribution >= 4 is 33.5 Å². The molecule has 4 nitrogen and oxygen atoms in total. The zero-order valence-corrected chi connectivity index (χ0v) is 27.1. The summed E-state index contributed by atoms with van der Waals surface area (Å²) < 4.78 is 98.8. The van der Waals surface area contributed by atoms with Crippen LogP contribution in [0.25, 0.3) is 54.9 Å². The standard InChI is InChI=1S/C40H28F6O4/c1-19(2)49-39(47)35-27(23-15-29(41)37(45)30(42)16-23)13-21-9-5-7-11-25(21)33(35)34-26-12-8-6-10-22(26)14-28(36(34)40(48)50-20(3)4)24-17-31(43)38(46)32(44)18-24/h5-20H,1-4H3. The lowest BCUT2D eigenvalue weighted by Gasteiger charge is -2.24. The lowest BCUT2D eigenvalue weighted by Crippen LogP contribution is -2.17. The van der Waals surface area contributed by atoms with Gasteiger partial charge in [-0.15, -0.1) is 0 Å². The SMILES string of the molecule is CC(C)OC(=O)c1c(-c2cc(F)c(F)c(F)c2)cc2ccccc2c1-c1c(C(=O)OC(C)C)c(-c2cc(F)c(F)c(F)c2)cc2ccccc12. The fourth-order valence-corrected chi connectivity index (χ4v) is 6.06. The third-order valence-corrected chi connectivity index (χ3v) is 8.03. The molecule has 0 aliphatic rings. The molecule has 10 heteroatoms. The molecule has 0 spiro atoms. The van der Waals surface area contributed by atoms with Gasteiger partial charge in [0.15, 0.2) is 34.9 Å². The molecule has 0 fully saturated rings. The number of fused-ring (bicyclic) bond motifs is 2. The average Bonchev–Trinajstić information content (AvgIpc) is 3.06. The second-order valence-electron chi connectivity index (χ2n) is 12.2. The van der Waals surface area contributed by atoms with Crippen LogP contribution in [-0.4, -0.2) is 24.1 Å². The largest absolute Gasteiger partial charge is 0.459 e. The number of rotatable bonds is 7. The van der Waals surface area contributed by atoms with Crippen molar-refractivity contribution in [2.75, 3.05) is 0 Å². The maximum Gasteiger partial charge on any atom is 0.339 e. The fraction of sp³-hybridized carbons (Fsp3) is 0.150. The van der Waals surface area contributed by atoms with E-state index in [4.69, 9.17) is 9.47 Å². The molecule has 0 saturated heterocycles. The van der Waals surface area contributed by atoms with E-state index in [-0.39, 0.29) is 44.5 Å². The molecule has 6 rings (SSSR count). The van der Waals surface area contributed by atoms with Crippen LogP contribution in [0.5, 0.6) is 0 Å². The Morgan fingerprint density at radius 2 is 0.820 bits per heavy atom. The molecule has 0 bridgehead atoms. The van der Waals surface area contributed by atoms with Crippen molar-refractivity contribution in [2.24, 2.45) is 0 Å². The van der Waals surface area contributed by atoms with Gasteiger partial charge in [0.05, 0.1) is 23.3 Å². The predicted molar refractivity (Wildman–Crippen MR) is 179 cm³/mol. The molecule has 0 radical (unpaired) electrons. The van der Waals surface area contributed by atoms with Gasteiger partial charge in [0.1, 0.15) is 0 Å². The number of benzene rings is 6. The van der Waals surface area contributed by atoms with Gasteiger partial charge < -0.3 is 9.47 Å². The monoisotopic (exact) mass is 686 g/mol. The Labute approximate surface area is 282 Å². The topological polar surface area (TPSA) is 52.6 Å². The quantitative estimate of drug-likeness (QED) is 0.0953. The van der Waals surface area contributed by atoms with Gasteiger partial charge in [0.2, 0.25) is 0 Å². The van der Waals surface area contributed by atoms with E-state index < -0.39 is 59.0 Å². The number of hydrogen-bond donors (Lipinski definition) is 0. The molecule has 0 aliphatic heterocycles. The highest BCUT2D eigenvalue weighted by Crippen LogP contribution is 2.47. The van der Waals surface area contributed by atoms with Crippen molar-refractivity contribution in [3.8, 4) is 33.4 Å². The number of esters is 2. The molecule has 0 N–H and O–H groups in total. The fourth-order valence-electron chi connectivity index (χ4n) is 6.06. The first kappa shape index (κ1) is 34.2. The summed E-state index contributed by atoms with van der Waals surface area (Å²) >= 11 is 0. The number of halogens is 6. The van der Waals surface area contributed by atoms with Crippen LogP contribution >= 0.6 is 0 Å². The molecule has 254 valence electrons. The van der Waals surface area contributed by atoms with Gasteiger partial charge in [0.25, 0.3) is 0 Å². The van der Waals surface area contributed by atoms with Crippen molar-refractivity contribution in [1.29, 1.82) is 0 Å². The van der Waals surface area contributed by atoms with Gasteiger partial charge in [-0.1, -0.05) is 48.5 Å². The second-order valence-corrected chi connectivity index (χ2v) is 12.2. The van der Waals surface area contributed by atoms with E-state index in [0.717, 1.165) is 24.3 Å². The zero-order chi connectivity index (χ0) is 36.0. The Morgan fingerprint density at radius 3 is 1.14 bits per heavy atom. The Balaban J connectivity index is 1.89. The van der Waals surface area contributed by atoms with E-state index in [2.05, 4.69) is 0 Å². The van der Waals surface area contributed by atoms with E-state index in [9.17, 15) is 35.9 Å². The molecular formula is C40H28F6O4. The first-order chi connectivity index (χ1) is 23.8. The summed E-state index contributed by atoms with van der Waals surface area (Å²) in [6.07, 6.45) is -1.37. The number of carbonyl (C=O) groups excluding carboxylic acids is 2. The van der Waals surface area contributed by atoms with E-state index in [1.165, 1.54) is 12.1 Å². The third-order valence-electron chi connectivity index (χ3n) is 8.03. The highest BCUT2D eigenvalue weighted by atomic mass is 19.2. The first-order valence-corrected chi connectivity index (χ1v) is 15.6. The summed E-state index contributed by atoms with van der Waals surface area (Å²) in [6, 6.07) is 19.3. The summed E-state index contributed by atoms with van der Waals surface area (Å²) in [5.41, 5.74) is -0.883. The van der Waals surface area contributed by atoms with Gasteiger partial charge in [-0.2, -0.15) is 0 Å². The summed E-state index contributed by atoms with van der Waals surface area (Å²) in [6.45, 7) is 6.37. The minimum atomic E-state index is -1.71. The van der Waals surface area contributed by atoms with Gasteiger partial charge in [-0.3, -0.25) is 0 Å². The van der Waals surface area contributed by atoms with Crippen LogP contribution in [0.3, 0.4) is 0 Å². The minimum Gasteiger partial charge on any atom is -0.459 e. The summed E-state index contributed by atoms with van der Waals surface area (Å²) in [4.78, 5) is 28.5. The molecule has 0 aromatic heterocycles. The van der Waals surface area contributed by atoms with E-state index >= 15 is 0 Å². The number of carbonyl (C=O) groups is 2. The Hall–Kier alpha value is -5.64. The van der Waals surface area contributed by atoms with Crippen molar-refractivity contribution in [3.05, 3.63) is 131 Å². The van der Waals surface area contributed by atoms with Crippen LogP contribution in [0.4, 0.5) is 26.3 Å². The molecular weight excluding hydrogens is 658 g/mol. The van der Waals surface area contributed by atoms with Crippen molar-refractivity contribution in [3.63, 3.8) is 0 Å². The number of ether oxygens (including phenoxy) is 2. The first-order valence-electron chi connectivity index (χ1n) is 15.6. The van der Waals surface area contributed by atoms with Crippen LogP contribution in [0.15, 0.2) is 84.9 Å². The van der Waals surface area contributed by atoms with E-state index in [1.54, 1.807) is 76.2 Å². The van der Waals surface area contributed by atoms with Crippen LogP contribution in [0, 0.1) is 34.9 Å². The van der Waals surface area contributed by atoms with Crippen LogP contribution in [-0.2, 0) is 9.47 Å². The smallest absolute Gasteiger partial charge is 0.339 e.